The number of carbonyl (C=O) groups is 2. The van der Waals surface area contributed by atoms with Gasteiger partial charge in [-0.3, -0.25) is 9.59 Å². The Hall–Kier alpha value is -1.85. The van der Waals surface area contributed by atoms with Gasteiger partial charge in [0.15, 0.2) is 0 Å². The molecule has 1 rings (SSSR count). The van der Waals surface area contributed by atoms with Gasteiger partial charge < -0.3 is 15.0 Å². The molecule has 0 saturated heterocycles. The van der Waals surface area contributed by atoms with Crippen LogP contribution in [0.15, 0.2) is 18.7 Å². The molecule has 17 heavy (non-hydrogen) atoms. The largest absolute Gasteiger partial charge is 0.481 e. The van der Waals surface area contributed by atoms with Crippen molar-refractivity contribution >= 4 is 11.9 Å². The molecule has 0 unspecified atom stereocenters. The monoisotopic (exact) mass is 239 g/mol. The van der Waals surface area contributed by atoms with E-state index in [0.717, 1.165) is 0 Å². The number of hydrogen-bond acceptors (Lipinski definition) is 3. The number of aromatic nitrogens is 2. The van der Waals surface area contributed by atoms with E-state index in [4.69, 9.17) is 5.11 Å². The molecule has 6 heteroatoms. The van der Waals surface area contributed by atoms with Crippen LogP contribution in [0.3, 0.4) is 0 Å². The highest BCUT2D eigenvalue weighted by atomic mass is 16.4. The fourth-order valence-electron chi connectivity index (χ4n) is 1.39. The number of hydrogen-bond donors (Lipinski definition) is 2. The predicted octanol–water partition coefficient (Wildman–Crippen LogP) is 0.644. The highest BCUT2D eigenvalue weighted by Gasteiger charge is 2.02. The smallest absolute Gasteiger partial charge is 0.303 e. The Morgan fingerprint density at radius 1 is 1.29 bits per heavy atom. The van der Waals surface area contributed by atoms with Crippen molar-refractivity contribution in [1.82, 2.24) is 14.9 Å². The summed E-state index contributed by atoms with van der Waals surface area (Å²) in [6.07, 6.45) is 6.89. The predicted molar refractivity (Wildman–Crippen MR) is 61.3 cm³/mol. The number of carboxylic acids is 1. The summed E-state index contributed by atoms with van der Waals surface area (Å²) in [6.45, 7) is 1.26. The highest BCUT2D eigenvalue weighted by molar-refractivity contribution is 5.75. The molecular formula is C11H17N3O3. The molecule has 1 amide bonds. The Balaban J connectivity index is 1.99. The second-order valence-electron chi connectivity index (χ2n) is 3.75. The van der Waals surface area contributed by atoms with E-state index in [2.05, 4.69) is 10.3 Å². The molecule has 0 aromatic carbocycles. The Morgan fingerprint density at radius 3 is 2.71 bits per heavy atom. The quantitative estimate of drug-likeness (QED) is 0.652. The van der Waals surface area contributed by atoms with Gasteiger partial charge in [0.2, 0.25) is 5.91 Å². The van der Waals surface area contributed by atoms with Crippen molar-refractivity contribution in [3.8, 4) is 0 Å². The van der Waals surface area contributed by atoms with E-state index in [0.29, 0.717) is 32.4 Å². The third-order valence-electron chi connectivity index (χ3n) is 2.30. The van der Waals surface area contributed by atoms with Crippen LogP contribution < -0.4 is 5.32 Å². The lowest BCUT2D eigenvalue weighted by molar-refractivity contribution is -0.137. The summed E-state index contributed by atoms with van der Waals surface area (Å²) in [5, 5.41) is 11.2. The fraction of sp³-hybridized carbons (Fsp3) is 0.545. The van der Waals surface area contributed by atoms with E-state index in [1.54, 1.807) is 12.5 Å². The maximum absolute atomic E-state index is 11.3. The van der Waals surface area contributed by atoms with Gasteiger partial charge in [-0.15, -0.1) is 0 Å². The first-order chi connectivity index (χ1) is 8.18. The molecule has 0 aliphatic heterocycles. The van der Waals surface area contributed by atoms with Gasteiger partial charge in [0.05, 0.1) is 6.33 Å². The van der Waals surface area contributed by atoms with E-state index >= 15 is 0 Å². The van der Waals surface area contributed by atoms with E-state index < -0.39 is 5.97 Å². The van der Waals surface area contributed by atoms with Gasteiger partial charge in [-0.25, -0.2) is 4.98 Å². The zero-order chi connectivity index (χ0) is 12.5. The average Bonchev–Trinajstić information content (AvgIpc) is 2.77. The summed E-state index contributed by atoms with van der Waals surface area (Å²) in [5.74, 6) is -0.846. The van der Waals surface area contributed by atoms with E-state index in [-0.39, 0.29) is 12.3 Å². The fourth-order valence-corrected chi connectivity index (χ4v) is 1.39. The van der Waals surface area contributed by atoms with Crippen LogP contribution in [-0.2, 0) is 16.1 Å². The van der Waals surface area contributed by atoms with Crippen molar-refractivity contribution in [3.63, 3.8) is 0 Å². The van der Waals surface area contributed by atoms with Crippen LogP contribution in [0, 0.1) is 0 Å². The first-order valence-electron chi connectivity index (χ1n) is 5.62. The van der Waals surface area contributed by atoms with E-state index in [1.165, 1.54) is 0 Å². The molecule has 0 aliphatic rings. The third kappa shape index (κ3) is 6.34. The van der Waals surface area contributed by atoms with Gasteiger partial charge in [-0.2, -0.15) is 0 Å². The van der Waals surface area contributed by atoms with Crippen LogP contribution in [0.1, 0.15) is 25.7 Å². The first kappa shape index (κ1) is 13.2. The topological polar surface area (TPSA) is 84.2 Å². The molecule has 0 radical (unpaired) electrons. The number of unbranched alkanes of at least 4 members (excludes halogenated alkanes) is 1. The lowest BCUT2D eigenvalue weighted by atomic mass is 10.2. The molecule has 0 bridgehead atoms. The van der Waals surface area contributed by atoms with Crippen molar-refractivity contribution in [2.24, 2.45) is 0 Å². The maximum Gasteiger partial charge on any atom is 0.303 e. The summed E-state index contributed by atoms with van der Waals surface area (Å²) in [4.78, 5) is 25.5. The Morgan fingerprint density at radius 2 is 2.06 bits per heavy atom. The molecule has 0 saturated carbocycles. The van der Waals surface area contributed by atoms with Gasteiger partial charge in [0, 0.05) is 38.3 Å². The van der Waals surface area contributed by atoms with Crippen molar-refractivity contribution < 1.29 is 14.7 Å². The number of imidazole rings is 1. The molecule has 94 valence electrons. The molecule has 1 aromatic rings. The molecule has 0 aliphatic carbocycles. The van der Waals surface area contributed by atoms with Gasteiger partial charge in [-0.1, -0.05) is 0 Å². The van der Waals surface area contributed by atoms with Crippen molar-refractivity contribution in [2.45, 2.75) is 32.2 Å². The van der Waals surface area contributed by atoms with Gasteiger partial charge >= 0.3 is 5.97 Å². The molecular weight excluding hydrogens is 222 g/mol. The summed E-state index contributed by atoms with van der Waals surface area (Å²) >= 11 is 0. The van der Waals surface area contributed by atoms with Crippen molar-refractivity contribution in [1.29, 1.82) is 0 Å². The number of carbonyl (C=O) groups excluding carboxylic acids is 1. The summed E-state index contributed by atoms with van der Waals surface area (Å²) in [6, 6.07) is 0. The van der Waals surface area contributed by atoms with Crippen LogP contribution in [0.5, 0.6) is 0 Å². The van der Waals surface area contributed by atoms with Crippen LogP contribution in [-0.4, -0.2) is 33.1 Å². The lowest BCUT2D eigenvalue weighted by Gasteiger charge is -2.05. The average molecular weight is 239 g/mol. The third-order valence-corrected chi connectivity index (χ3v) is 2.30. The zero-order valence-corrected chi connectivity index (χ0v) is 9.63. The summed E-state index contributed by atoms with van der Waals surface area (Å²) < 4.78 is 1.88. The van der Waals surface area contributed by atoms with E-state index in [9.17, 15) is 9.59 Å². The van der Waals surface area contributed by atoms with Gasteiger partial charge in [-0.05, 0) is 12.8 Å². The second kappa shape index (κ2) is 7.43. The Labute approximate surface area is 99.7 Å². The number of carboxylic acid groups (broad SMARTS) is 1. The molecule has 0 spiro atoms. The lowest BCUT2D eigenvalue weighted by Crippen LogP contribution is -2.26. The van der Waals surface area contributed by atoms with Crippen molar-refractivity contribution in [3.05, 3.63) is 18.7 Å². The van der Waals surface area contributed by atoms with Gasteiger partial charge in [0.1, 0.15) is 0 Å². The van der Waals surface area contributed by atoms with Crippen molar-refractivity contribution in [2.75, 3.05) is 6.54 Å². The number of nitrogens with zero attached hydrogens (tertiary/aromatic N) is 2. The minimum absolute atomic E-state index is 0.0319. The highest BCUT2D eigenvalue weighted by Crippen LogP contribution is 1.99. The molecule has 0 fully saturated rings. The molecule has 1 aromatic heterocycles. The molecule has 0 atom stereocenters. The van der Waals surface area contributed by atoms with Gasteiger partial charge in [0.25, 0.3) is 0 Å². The van der Waals surface area contributed by atoms with Crippen LogP contribution >= 0.6 is 0 Å². The minimum Gasteiger partial charge on any atom is -0.481 e. The Kier molecular flexibility index (Phi) is 5.77. The number of amides is 1. The second-order valence-corrected chi connectivity index (χ2v) is 3.75. The standard InChI is InChI=1S/C11H17N3O3/c15-10(3-1-2-4-11(16)17)13-6-8-14-7-5-12-9-14/h5,7,9H,1-4,6,8H2,(H,13,15)(H,16,17). The summed E-state index contributed by atoms with van der Waals surface area (Å²) in [5.41, 5.74) is 0. The molecule has 1 heterocycles. The van der Waals surface area contributed by atoms with Crippen LogP contribution in [0.25, 0.3) is 0 Å². The van der Waals surface area contributed by atoms with Crippen LogP contribution in [0.2, 0.25) is 0 Å². The number of aliphatic carboxylic acids is 1. The minimum atomic E-state index is -0.814. The normalized spacial score (nSPS) is 10.1. The zero-order valence-electron chi connectivity index (χ0n) is 9.63. The summed E-state index contributed by atoms with van der Waals surface area (Å²) in [7, 11) is 0. The Bertz CT molecular complexity index is 349. The number of rotatable bonds is 8. The SMILES string of the molecule is O=C(O)CCCCC(=O)NCCn1ccnc1. The van der Waals surface area contributed by atoms with E-state index in [1.807, 2.05) is 10.8 Å². The number of nitrogens with one attached hydrogen (secondary N) is 1. The maximum atomic E-state index is 11.3. The first-order valence-corrected chi connectivity index (χ1v) is 5.62. The van der Waals surface area contributed by atoms with Crippen LogP contribution in [0.4, 0.5) is 0 Å². The molecule has 6 nitrogen and oxygen atoms in total. The molecule has 2 N–H and O–H groups in total.